The molecule has 15 heavy (non-hydrogen) atoms. The molecule has 2 N–H and O–H groups in total. The van der Waals surface area contributed by atoms with E-state index in [0.717, 1.165) is 6.54 Å². The van der Waals surface area contributed by atoms with E-state index in [0.29, 0.717) is 12.5 Å². The molecule has 0 aromatic rings. The van der Waals surface area contributed by atoms with Crippen LogP contribution in [0, 0.1) is 5.92 Å². The molecule has 0 radical (unpaired) electrons. The van der Waals surface area contributed by atoms with Crippen LogP contribution in [0.4, 0.5) is 0 Å². The summed E-state index contributed by atoms with van der Waals surface area (Å²) < 4.78 is 0. The maximum absolute atomic E-state index is 11.1. The van der Waals surface area contributed by atoms with Crippen molar-refractivity contribution < 1.29 is 14.7 Å². The van der Waals surface area contributed by atoms with Crippen molar-refractivity contribution >= 4 is 11.9 Å². The summed E-state index contributed by atoms with van der Waals surface area (Å²) in [5.41, 5.74) is 0. The molecule has 0 saturated heterocycles. The second-order valence-corrected chi connectivity index (χ2v) is 3.95. The SMILES string of the molecule is CNC(=O)CN(CCC(=O)O)CC(C)C. The molecule has 5 nitrogen and oxygen atoms in total. The summed E-state index contributed by atoms with van der Waals surface area (Å²) in [5.74, 6) is -0.495. The van der Waals surface area contributed by atoms with E-state index < -0.39 is 5.97 Å². The van der Waals surface area contributed by atoms with E-state index in [-0.39, 0.29) is 18.9 Å². The number of carbonyl (C=O) groups is 2. The van der Waals surface area contributed by atoms with Crippen molar-refractivity contribution in [3.63, 3.8) is 0 Å². The van der Waals surface area contributed by atoms with Crippen molar-refractivity contribution in [2.24, 2.45) is 5.92 Å². The Morgan fingerprint density at radius 2 is 2.00 bits per heavy atom. The van der Waals surface area contributed by atoms with Crippen LogP contribution in [-0.4, -0.2) is 48.6 Å². The minimum absolute atomic E-state index is 0.0731. The number of carboxylic acid groups (broad SMARTS) is 1. The van der Waals surface area contributed by atoms with Gasteiger partial charge in [0.25, 0.3) is 0 Å². The van der Waals surface area contributed by atoms with Gasteiger partial charge in [-0.2, -0.15) is 0 Å². The van der Waals surface area contributed by atoms with Crippen LogP contribution < -0.4 is 5.32 Å². The highest BCUT2D eigenvalue weighted by Crippen LogP contribution is 1.99. The van der Waals surface area contributed by atoms with Gasteiger partial charge in [-0.3, -0.25) is 14.5 Å². The van der Waals surface area contributed by atoms with Gasteiger partial charge in [0.2, 0.25) is 5.91 Å². The van der Waals surface area contributed by atoms with Crippen molar-refractivity contribution in [1.82, 2.24) is 10.2 Å². The highest BCUT2D eigenvalue weighted by atomic mass is 16.4. The van der Waals surface area contributed by atoms with Crippen LogP contribution in [0.15, 0.2) is 0 Å². The molecule has 0 spiro atoms. The van der Waals surface area contributed by atoms with Crippen LogP contribution in [-0.2, 0) is 9.59 Å². The molecule has 1 amide bonds. The molecule has 0 aliphatic rings. The third-order valence-corrected chi connectivity index (χ3v) is 1.91. The molecule has 0 saturated carbocycles. The van der Waals surface area contributed by atoms with Gasteiger partial charge in [0, 0.05) is 20.1 Å². The third kappa shape index (κ3) is 7.93. The van der Waals surface area contributed by atoms with Crippen molar-refractivity contribution in [2.75, 3.05) is 26.7 Å². The highest BCUT2D eigenvalue weighted by Gasteiger charge is 2.12. The standard InChI is InChI=1S/C10H20N2O3/c1-8(2)6-12(5-4-10(14)15)7-9(13)11-3/h8H,4-7H2,1-3H3,(H,11,13)(H,14,15). The van der Waals surface area contributed by atoms with Crippen LogP contribution in [0.3, 0.4) is 0 Å². The summed E-state index contributed by atoms with van der Waals surface area (Å²) in [4.78, 5) is 23.4. The third-order valence-electron chi connectivity index (χ3n) is 1.91. The molecule has 0 aromatic heterocycles. The fraction of sp³-hybridized carbons (Fsp3) is 0.800. The molecule has 0 aliphatic carbocycles. The smallest absolute Gasteiger partial charge is 0.304 e. The van der Waals surface area contributed by atoms with Crippen LogP contribution in [0.1, 0.15) is 20.3 Å². The first-order valence-electron chi connectivity index (χ1n) is 5.10. The predicted molar refractivity (Wildman–Crippen MR) is 57.6 cm³/mol. The quantitative estimate of drug-likeness (QED) is 0.636. The van der Waals surface area contributed by atoms with Crippen molar-refractivity contribution in [1.29, 1.82) is 0 Å². The van der Waals surface area contributed by atoms with Gasteiger partial charge in [0.05, 0.1) is 13.0 Å². The lowest BCUT2D eigenvalue weighted by Crippen LogP contribution is -2.38. The Labute approximate surface area is 90.5 Å². The molecular weight excluding hydrogens is 196 g/mol. The van der Waals surface area contributed by atoms with Crippen molar-refractivity contribution in [2.45, 2.75) is 20.3 Å². The lowest BCUT2D eigenvalue weighted by atomic mass is 10.2. The molecule has 0 bridgehead atoms. The van der Waals surface area contributed by atoms with E-state index in [1.54, 1.807) is 7.05 Å². The average Bonchev–Trinajstić information content (AvgIpc) is 2.13. The van der Waals surface area contributed by atoms with E-state index in [4.69, 9.17) is 5.11 Å². The first kappa shape index (κ1) is 13.9. The van der Waals surface area contributed by atoms with Crippen LogP contribution in [0.25, 0.3) is 0 Å². The summed E-state index contributed by atoms with van der Waals surface area (Å²) >= 11 is 0. The molecule has 0 fully saturated rings. The van der Waals surface area contributed by atoms with Crippen molar-refractivity contribution in [3.05, 3.63) is 0 Å². The van der Waals surface area contributed by atoms with E-state index in [1.807, 2.05) is 18.7 Å². The molecular formula is C10H20N2O3. The number of likely N-dealkylation sites (N-methyl/N-ethyl adjacent to an activating group) is 1. The monoisotopic (exact) mass is 216 g/mol. The van der Waals surface area contributed by atoms with Gasteiger partial charge in [-0.1, -0.05) is 13.8 Å². The maximum atomic E-state index is 11.1. The molecule has 0 aromatic carbocycles. The average molecular weight is 216 g/mol. The largest absolute Gasteiger partial charge is 0.481 e. The van der Waals surface area contributed by atoms with Crippen LogP contribution in [0.2, 0.25) is 0 Å². The first-order valence-corrected chi connectivity index (χ1v) is 5.10. The summed E-state index contributed by atoms with van der Waals surface area (Å²) in [6.07, 6.45) is 0.0731. The Bertz CT molecular complexity index is 217. The molecule has 0 aliphatic heterocycles. The fourth-order valence-electron chi connectivity index (χ4n) is 1.29. The van der Waals surface area contributed by atoms with Crippen LogP contribution in [0.5, 0.6) is 0 Å². The first-order chi connectivity index (χ1) is 6.95. The fourth-order valence-corrected chi connectivity index (χ4v) is 1.29. The number of rotatable bonds is 7. The van der Waals surface area contributed by atoms with E-state index >= 15 is 0 Å². The summed E-state index contributed by atoms with van der Waals surface area (Å²) in [6, 6.07) is 0. The van der Waals surface area contributed by atoms with Gasteiger partial charge in [-0.15, -0.1) is 0 Å². The zero-order valence-electron chi connectivity index (χ0n) is 9.62. The maximum Gasteiger partial charge on any atom is 0.304 e. The number of aliphatic carboxylic acids is 1. The minimum atomic E-state index is -0.833. The van der Waals surface area contributed by atoms with Gasteiger partial charge in [0.15, 0.2) is 0 Å². The second kappa shape index (κ2) is 7.23. The lowest BCUT2D eigenvalue weighted by Gasteiger charge is -2.22. The Hall–Kier alpha value is -1.10. The predicted octanol–water partition coefficient (Wildman–Crippen LogP) is 0.165. The Kier molecular flexibility index (Phi) is 6.70. The van der Waals surface area contributed by atoms with Gasteiger partial charge in [-0.25, -0.2) is 0 Å². The molecule has 0 unspecified atom stereocenters. The van der Waals surface area contributed by atoms with E-state index in [9.17, 15) is 9.59 Å². The van der Waals surface area contributed by atoms with E-state index in [1.165, 1.54) is 0 Å². The summed E-state index contributed by atoms with van der Waals surface area (Å²) in [7, 11) is 1.58. The minimum Gasteiger partial charge on any atom is -0.481 e. The molecule has 5 heteroatoms. The molecule has 88 valence electrons. The number of carboxylic acids is 1. The van der Waals surface area contributed by atoms with Crippen LogP contribution >= 0.6 is 0 Å². The van der Waals surface area contributed by atoms with E-state index in [2.05, 4.69) is 5.32 Å². The number of hydrogen-bond donors (Lipinski definition) is 2. The zero-order chi connectivity index (χ0) is 11.8. The lowest BCUT2D eigenvalue weighted by molar-refractivity contribution is -0.137. The Balaban J connectivity index is 4.05. The normalized spacial score (nSPS) is 10.7. The highest BCUT2D eigenvalue weighted by molar-refractivity contribution is 5.77. The number of amides is 1. The number of carbonyl (C=O) groups excluding carboxylic acids is 1. The molecule has 0 atom stereocenters. The number of nitrogens with one attached hydrogen (secondary N) is 1. The number of hydrogen-bond acceptors (Lipinski definition) is 3. The van der Waals surface area contributed by atoms with Gasteiger partial charge < -0.3 is 10.4 Å². The van der Waals surface area contributed by atoms with Gasteiger partial charge in [0.1, 0.15) is 0 Å². The van der Waals surface area contributed by atoms with Gasteiger partial charge >= 0.3 is 5.97 Å². The van der Waals surface area contributed by atoms with Gasteiger partial charge in [-0.05, 0) is 5.92 Å². The Morgan fingerprint density at radius 3 is 2.40 bits per heavy atom. The molecule has 0 rings (SSSR count). The number of nitrogens with zero attached hydrogens (tertiary/aromatic N) is 1. The summed E-state index contributed by atoms with van der Waals surface area (Å²) in [5, 5.41) is 11.1. The zero-order valence-corrected chi connectivity index (χ0v) is 9.62. The van der Waals surface area contributed by atoms with Crippen molar-refractivity contribution in [3.8, 4) is 0 Å². The second-order valence-electron chi connectivity index (χ2n) is 3.95. The molecule has 0 heterocycles. The summed E-state index contributed by atoms with van der Waals surface area (Å²) in [6.45, 7) is 5.50. The Morgan fingerprint density at radius 1 is 1.40 bits per heavy atom. The topological polar surface area (TPSA) is 69.6 Å².